The molecule has 3 rings (SSSR count). The number of nitrogens with one attached hydrogen (secondary N) is 1. The van der Waals surface area contributed by atoms with Gasteiger partial charge in [-0.1, -0.05) is 23.7 Å². The summed E-state index contributed by atoms with van der Waals surface area (Å²) < 4.78 is 5.51. The van der Waals surface area contributed by atoms with Gasteiger partial charge in [0.1, 0.15) is 6.61 Å². The van der Waals surface area contributed by atoms with Crippen LogP contribution in [0, 0.1) is 0 Å². The first-order valence-electron chi connectivity index (χ1n) is 6.99. The number of rotatable bonds is 3. The van der Waals surface area contributed by atoms with Gasteiger partial charge in [0.05, 0.1) is 6.04 Å². The van der Waals surface area contributed by atoms with Crippen LogP contribution in [-0.4, -0.2) is 42.5 Å². The van der Waals surface area contributed by atoms with Crippen molar-refractivity contribution in [1.29, 1.82) is 0 Å². The van der Waals surface area contributed by atoms with E-state index in [-0.39, 0.29) is 24.5 Å². The Kier molecular flexibility index (Phi) is 3.87. The molecular weight excluding hydrogens is 292 g/mol. The maximum absolute atomic E-state index is 12.4. The Bertz CT molecular complexity index is 557. The van der Waals surface area contributed by atoms with Gasteiger partial charge in [0.15, 0.2) is 6.10 Å². The molecule has 5 nitrogen and oxygen atoms in total. The van der Waals surface area contributed by atoms with Crippen LogP contribution in [0.3, 0.4) is 0 Å². The Morgan fingerprint density at radius 2 is 2.00 bits per heavy atom. The maximum atomic E-state index is 12.4. The van der Waals surface area contributed by atoms with Crippen LogP contribution in [0.25, 0.3) is 0 Å². The van der Waals surface area contributed by atoms with E-state index < -0.39 is 12.1 Å². The highest BCUT2D eigenvalue weighted by Gasteiger charge is 2.41. The molecule has 6 heteroatoms. The number of hydrogen-bond acceptors (Lipinski definition) is 3. The van der Waals surface area contributed by atoms with Crippen molar-refractivity contribution in [2.75, 3.05) is 13.7 Å². The lowest BCUT2D eigenvalue weighted by molar-refractivity contribution is -0.162. The summed E-state index contributed by atoms with van der Waals surface area (Å²) in [6.07, 6.45) is 1.34. The molecule has 2 amide bonds. The predicted octanol–water partition coefficient (Wildman–Crippen LogP) is 1.52. The van der Waals surface area contributed by atoms with Crippen molar-refractivity contribution < 1.29 is 14.3 Å². The number of benzene rings is 1. The second-order valence-electron chi connectivity index (χ2n) is 5.52. The van der Waals surface area contributed by atoms with Crippen LogP contribution < -0.4 is 5.32 Å². The number of likely N-dealkylation sites (N-methyl/N-ethyl adjacent to an activating group) is 1. The van der Waals surface area contributed by atoms with Crippen molar-refractivity contribution in [3.8, 4) is 0 Å². The SMILES string of the molecule is CN1C(=O)CO[C@H](C(=O)NC2CC2)[C@H]1c1ccc(Cl)cc1. The predicted molar refractivity (Wildman–Crippen MR) is 77.9 cm³/mol. The molecule has 21 heavy (non-hydrogen) atoms. The molecule has 1 saturated heterocycles. The first-order valence-corrected chi connectivity index (χ1v) is 7.37. The molecule has 2 atom stereocenters. The van der Waals surface area contributed by atoms with Crippen molar-refractivity contribution >= 4 is 23.4 Å². The highest BCUT2D eigenvalue weighted by molar-refractivity contribution is 6.30. The summed E-state index contributed by atoms with van der Waals surface area (Å²) in [4.78, 5) is 25.8. The topological polar surface area (TPSA) is 58.6 Å². The number of hydrogen-bond donors (Lipinski definition) is 1. The van der Waals surface area contributed by atoms with Crippen LogP contribution in [0.4, 0.5) is 0 Å². The molecule has 0 unspecified atom stereocenters. The average molecular weight is 309 g/mol. The van der Waals surface area contributed by atoms with Crippen molar-refractivity contribution in [3.05, 3.63) is 34.9 Å². The number of halogens is 1. The molecule has 0 aromatic heterocycles. The third-order valence-electron chi connectivity index (χ3n) is 3.88. The fourth-order valence-corrected chi connectivity index (χ4v) is 2.63. The highest BCUT2D eigenvalue weighted by Crippen LogP contribution is 2.30. The first kappa shape index (κ1) is 14.4. The average Bonchev–Trinajstić information content (AvgIpc) is 3.27. The standard InChI is InChI=1S/C15H17ClN2O3/c1-18-12(19)8-21-14(15(20)17-11-6-7-11)13(18)9-2-4-10(16)5-3-9/h2-5,11,13-14H,6-8H2,1H3,(H,17,20)/t13-,14+/m1/s1. The summed E-state index contributed by atoms with van der Waals surface area (Å²) in [5, 5.41) is 3.56. The van der Waals surface area contributed by atoms with Gasteiger partial charge in [-0.25, -0.2) is 0 Å². The monoisotopic (exact) mass is 308 g/mol. The number of morpholine rings is 1. The molecule has 0 radical (unpaired) electrons. The molecule has 2 fully saturated rings. The number of carbonyl (C=O) groups is 2. The molecule has 1 aromatic carbocycles. The minimum atomic E-state index is -0.686. The van der Waals surface area contributed by atoms with Gasteiger partial charge < -0.3 is 15.0 Å². The maximum Gasteiger partial charge on any atom is 0.251 e. The summed E-state index contributed by atoms with van der Waals surface area (Å²) in [5.41, 5.74) is 0.839. The molecule has 1 aromatic rings. The minimum absolute atomic E-state index is 0.0661. The van der Waals surface area contributed by atoms with Gasteiger partial charge in [-0.05, 0) is 30.5 Å². The number of amides is 2. The van der Waals surface area contributed by atoms with Gasteiger partial charge in [0.25, 0.3) is 5.91 Å². The summed E-state index contributed by atoms with van der Waals surface area (Å²) in [6, 6.07) is 6.97. The van der Waals surface area contributed by atoms with E-state index in [0.717, 1.165) is 18.4 Å². The van der Waals surface area contributed by atoms with E-state index in [1.807, 2.05) is 12.1 Å². The Morgan fingerprint density at radius 3 is 2.62 bits per heavy atom. The van der Waals surface area contributed by atoms with E-state index in [2.05, 4.69) is 5.32 Å². The number of carbonyl (C=O) groups excluding carboxylic acids is 2. The zero-order valence-electron chi connectivity index (χ0n) is 11.7. The van der Waals surface area contributed by atoms with E-state index >= 15 is 0 Å². The van der Waals surface area contributed by atoms with Crippen molar-refractivity contribution in [2.24, 2.45) is 0 Å². The zero-order valence-corrected chi connectivity index (χ0v) is 12.5. The van der Waals surface area contributed by atoms with Crippen LogP contribution in [0.5, 0.6) is 0 Å². The van der Waals surface area contributed by atoms with Gasteiger partial charge >= 0.3 is 0 Å². The zero-order chi connectivity index (χ0) is 15.0. The van der Waals surface area contributed by atoms with Crippen LogP contribution in [0.2, 0.25) is 5.02 Å². The third-order valence-corrected chi connectivity index (χ3v) is 4.13. The summed E-state index contributed by atoms with van der Waals surface area (Å²) >= 11 is 5.90. The minimum Gasteiger partial charge on any atom is -0.356 e. The van der Waals surface area contributed by atoms with Gasteiger partial charge in [-0.15, -0.1) is 0 Å². The summed E-state index contributed by atoms with van der Waals surface area (Å²) in [5.74, 6) is -0.290. The third kappa shape index (κ3) is 3.04. The van der Waals surface area contributed by atoms with Crippen LogP contribution in [-0.2, 0) is 14.3 Å². The quantitative estimate of drug-likeness (QED) is 0.921. The molecule has 1 N–H and O–H groups in total. The van der Waals surface area contributed by atoms with Crippen molar-refractivity contribution in [2.45, 2.75) is 31.0 Å². The fraction of sp³-hybridized carbons (Fsp3) is 0.467. The molecule has 0 bridgehead atoms. The lowest BCUT2D eigenvalue weighted by Crippen LogP contribution is -2.53. The molecule has 0 spiro atoms. The molecule has 112 valence electrons. The Labute approximate surface area is 128 Å². The van der Waals surface area contributed by atoms with Gasteiger partial charge in [0.2, 0.25) is 5.91 Å². The first-order chi connectivity index (χ1) is 10.1. The molecule has 2 aliphatic rings. The molecule has 1 saturated carbocycles. The Balaban J connectivity index is 1.86. The number of ether oxygens (including phenoxy) is 1. The van der Waals surface area contributed by atoms with Crippen LogP contribution in [0.15, 0.2) is 24.3 Å². The second kappa shape index (κ2) is 5.66. The molecular formula is C15H17ClN2O3. The lowest BCUT2D eigenvalue weighted by Gasteiger charge is -2.38. The van der Waals surface area contributed by atoms with Gasteiger partial charge in [-0.3, -0.25) is 9.59 Å². The second-order valence-corrected chi connectivity index (χ2v) is 5.95. The van der Waals surface area contributed by atoms with Gasteiger partial charge in [-0.2, -0.15) is 0 Å². The van der Waals surface area contributed by atoms with Gasteiger partial charge in [0, 0.05) is 18.1 Å². The highest BCUT2D eigenvalue weighted by atomic mass is 35.5. The Morgan fingerprint density at radius 1 is 1.33 bits per heavy atom. The summed E-state index contributed by atoms with van der Waals surface area (Å²) in [6.45, 7) is -0.0661. The van der Waals surface area contributed by atoms with Crippen LogP contribution >= 0.6 is 11.6 Å². The molecule has 1 aliphatic carbocycles. The summed E-state index contributed by atoms with van der Waals surface area (Å²) in [7, 11) is 1.70. The van der Waals surface area contributed by atoms with E-state index in [4.69, 9.17) is 16.3 Å². The Hall–Kier alpha value is -1.59. The smallest absolute Gasteiger partial charge is 0.251 e. The molecule has 1 aliphatic heterocycles. The van der Waals surface area contributed by atoms with Crippen molar-refractivity contribution in [1.82, 2.24) is 10.2 Å². The van der Waals surface area contributed by atoms with E-state index in [1.54, 1.807) is 24.1 Å². The number of nitrogens with zero attached hydrogens (tertiary/aromatic N) is 1. The molecule has 1 heterocycles. The van der Waals surface area contributed by atoms with E-state index in [9.17, 15) is 9.59 Å². The van der Waals surface area contributed by atoms with Crippen LogP contribution in [0.1, 0.15) is 24.4 Å². The van der Waals surface area contributed by atoms with E-state index in [1.165, 1.54) is 0 Å². The lowest BCUT2D eigenvalue weighted by atomic mass is 9.97. The largest absolute Gasteiger partial charge is 0.356 e. The van der Waals surface area contributed by atoms with Crippen molar-refractivity contribution in [3.63, 3.8) is 0 Å². The normalized spacial score (nSPS) is 25.8. The fourth-order valence-electron chi connectivity index (χ4n) is 2.50. The van der Waals surface area contributed by atoms with E-state index in [0.29, 0.717) is 5.02 Å².